The molecule has 1 aliphatic carbocycles. The van der Waals surface area contributed by atoms with Gasteiger partial charge in [-0.1, -0.05) is 23.7 Å². The van der Waals surface area contributed by atoms with Gasteiger partial charge >= 0.3 is 0 Å². The molecule has 1 N–H and O–H groups in total. The van der Waals surface area contributed by atoms with Gasteiger partial charge in [-0.2, -0.15) is 5.10 Å². The summed E-state index contributed by atoms with van der Waals surface area (Å²) in [6.07, 6.45) is 6.13. The van der Waals surface area contributed by atoms with E-state index in [-0.39, 0.29) is 5.91 Å². The molecule has 1 aliphatic rings. The lowest BCUT2D eigenvalue weighted by atomic mass is 9.99. The Balaban J connectivity index is 1.36. The van der Waals surface area contributed by atoms with Gasteiger partial charge in [0, 0.05) is 9.90 Å². The highest BCUT2D eigenvalue weighted by atomic mass is 35.5. The smallest absolute Gasteiger partial charge is 0.281 e. The van der Waals surface area contributed by atoms with Gasteiger partial charge in [0.1, 0.15) is 6.61 Å². The summed E-state index contributed by atoms with van der Waals surface area (Å²) in [4.78, 5) is 14.5. The van der Waals surface area contributed by atoms with Crippen molar-refractivity contribution in [2.24, 2.45) is 5.10 Å². The molecule has 0 aliphatic heterocycles. The van der Waals surface area contributed by atoms with Crippen molar-refractivity contribution in [3.8, 4) is 11.5 Å². The fourth-order valence-corrected chi connectivity index (χ4v) is 4.72. The Morgan fingerprint density at radius 3 is 2.71 bits per heavy atom. The van der Waals surface area contributed by atoms with Crippen molar-refractivity contribution in [3.63, 3.8) is 0 Å². The van der Waals surface area contributed by atoms with E-state index in [9.17, 15) is 4.79 Å². The lowest BCUT2D eigenvalue weighted by Gasteiger charge is -2.11. The Bertz CT molecular complexity index is 1070. The first kappa shape index (κ1) is 21.4. The van der Waals surface area contributed by atoms with Crippen molar-refractivity contribution in [1.29, 1.82) is 0 Å². The summed E-state index contributed by atoms with van der Waals surface area (Å²) in [5, 5.41) is 4.79. The molecule has 4 rings (SSSR count). The molecule has 7 heteroatoms. The predicted octanol–water partition coefficient (Wildman–Crippen LogP) is 5.63. The molecular formula is C24H23ClN2O3S. The number of benzene rings is 2. The van der Waals surface area contributed by atoms with Crippen LogP contribution in [0.2, 0.25) is 5.02 Å². The molecule has 0 atom stereocenters. The first-order valence-corrected chi connectivity index (χ1v) is 11.3. The lowest BCUT2D eigenvalue weighted by molar-refractivity contribution is 0.0959. The van der Waals surface area contributed by atoms with E-state index in [0.29, 0.717) is 28.0 Å². The highest BCUT2D eigenvalue weighted by molar-refractivity contribution is 7.14. The number of hydrogen-bond acceptors (Lipinski definition) is 5. The average molecular weight is 455 g/mol. The maximum Gasteiger partial charge on any atom is 0.281 e. The zero-order chi connectivity index (χ0) is 21.6. The zero-order valence-electron chi connectivity index (χ0n) is 17.2. The summed E-state index contributed by atoms with van der Waals surface area (Å²) in [6.45, 7) is 0.405. The number of halogens is 1. The third-order valence-corrected chi connectivity index (χ3v) is 6.58. The minimum atomic E-state index is -0.175. The Labute approximate surface area is 190 Å². The summed E-state index contributed by atoms with van der Waals surface area (Å²) >= 11 is 7.49. The molecule has 0 bridgehead atoms. The van der Waals surface area contributed by atoms with Gasteiger partial charge in [-0.25, -0.2) is 5.43 Å². The first-order valence-electron chi connectivity index (χ1n) is 10.1. The molecule has 2 aromatic carbocycles. The second kappa shape index (κ2) is 9.98. The molecule has 1 amide bonds. The third-order valence-electron chi connectivity index (χ3n) is 5.10. The summed E-state index contributed by atoms with van der Waals surface area (Å²) in [5.74, 6) is 1.04. The summed E-state index contributed by atoms with van der Waals surface area (Å²) in [5.41, 5.74) is 5.73. The normalized spacial score (nSPS) is 13.1. The maximum absolute atomic E-state index is 12.4. The van der Waals surface area contributed by atoms with Gasteiger partial charge in [-0.15, -0.1) is 11.3 Å². The van der Waals surface area contributed by atoms with E-state index >= 15 is 0 Å². The number of hydrogen-bond donors (Lipinski definition) is 1. The molecule has 1 aromatic heterocycles. The van der Waals surface area contributed by atoms with Crippen molar-refractivity contribution >= 4 is 35.1 Å². The fourth-order valence-electron chi connectivity index (χ4n) is 3.45. The van der Waals surface area contributed by atoms with Crippen molar-refractivity contribution in [2.45, 2.75) is 32.3 Å². The van der Waals surface area contributed by atoms with Crippen LogP contribution in [0.25, 0.3) is 0 Å². The van der Waals surface area contributed by atoms with Crippen LogP contribution in [0.3, 0.4) is 0 Å². The minimum Gasteiger partial charge on any atom is -0.493 e. The van der Waals surface area contributed by atoms with Crippen molar-refractivity contribution in [1.82, 2.24) is 5.43 Å². The molecule has 0 spiro atoms. The summed E-state index contributed by atoms with van der Waals surface area (Å²) in [6, 6.07) is 15.0. The number of carbonyl (C=O) groups excluding carboxylic acids is 1. The van der Waals surface area contributed by atoms with Gasteiger partial charge in [0.05, 0.1) is 18.2 Å². The standard InChI is InChI=1S/C24H23ClN2O3S/c1-29-21-12-17(8-11-20(21)30-15-16-6-9-19(25)10-7-16)14-26-27-24(28)23-13-18-4-2-3-5-22(18)31-23/h6-14H,2-5,15H2,1H3,(H,27,28)/b26-14+. The Hall–Kier alpha value is -2.83. The highest BCUT2D eigenvalue weighted by Crippen LogP contribution is 2.30. The number of hydrazone groups is 1. The van der Waals surface area contributed by atoms with Crippen LogP contribution in [-0.4, -0.2) is 19.2 Å². The zero-order valence-corrected chi connectivity index (χ0v) is 18.8. The topological polar surface area (TPSA) is 59.9 Å². The number of aryl methyl sites for hydroxylation is 2. The predicted molar refractivity (Wildman–Crippen MR) is 125 cm³/mol. The van der Waals surface area contributed by atoms with E-state index in [1.165, 1.54) is 23.3 Å². The van der Waals surface area contributed by atoms with Gasteiger partial charge in [0.15, 0.2) is 11.5 Å². The number of thiophene rings is 1. The quantitative estimate of drug-likeness (QED) is 0.371. The van der Waals surface area contributed by atoms with Crippen LogP contribution in [0.4, 0.5) is 0 Å². The van der Waals surface area contributed by atoms with E-state index in [2.05, 4.69) is 10.5 Å². The van der Waals surface area contributed by atoms with Gasteiger partial charge < -0.3 is 9.47 Å². The number of nitrogens with zero attached hydrogens (tertiary/aromatic N) is 1. The average Bonchev–Trinajstić information content (AvgIpc) is 3.23. The van der Waals surface area contributed by atoms with Gasteiger partial charge in [0.25, 0.3) is 5.91 Å². The van der Waals surface area contributed by atoms with Crippen molar-refractivity contribution in [3.05, 3.63) is 80.0 Å². The Morgan fingerprint density at radius 1 is 1.13 bits per heavy atom. The first-order chi connectivity index (χ1) is 15.1. The monoisotopic (exact) mass is 454 g/mol. The molecular weight excluding hydrogens is 432 g/mol. The van der Waals surface area contributed by atoms with Gasteiger partial charge in [-0.05, 0) is 78.8 Å². The van der Waals surface area contributed by atoms with Crippen LogP contribution in [-0.2, 0) is 19.4 Å². The highest BCUT2D eigenvalue weighted by Gasteiger charge is 2.16. The number of fused-ring (bicyclic) bond motifs is 1. The van der Waals surface area contributed by atoms with Crippen LogP contribution in [0, 0.1) is 0 Å². The third kappa shape index (κ3) is 5.46. The summed E-state index contributed by atoms with van der Waals surface area (Å²) in [7, 11) is 1.59. The number of carbonyl (C=O) groups is 1. The molecule has 0 saturated heterocycles. The molecule has 0 saturated carbocycles. The van der Waals surface area contributed by atoms with Crippen molar-refractivity contribution < 1.29 is 14.3 Å². The van der Waals surface area contributed by atoms with Crippen LogP contribution in [0.1, 0.15) is 44.1 Å². The van der Waals surface area contributed by atoms with Crippen LogP contribution >= 0.6 is 22.9 Å². The number of ether oxygens (including phenoxy) is 2. The maximum atomic E-state index is 12.4. The SMILES string of the molecule is COc1cc(/C=N/NC(=O)c2cc3c(s2)CCCC3)ccc1OCc1ccc(Cl)cc1. The van der Waals surface area contributed by atoms with E-state index in [4.69, 9.17) is 21.1 Å². The van der Waals surface area contributed by atoms with Gasteiger partial charge in [0.2, 0.25) is 0 Å². The van der Waals surface area contributed by atoms with Crippen molar-refractivity contribution in [2.75, 3.05) is 7.11 Å². The number of methoxy groups -OCH3 is 1. The molecule has 0 radical (unpaired) electrons. The molecule has 160 valence electrons. The Morgan fingerprint density at radius 2 is 1.94 bits per heavy atom. The molecule has 0 fully saturated rings. The molecule has 3 aromatic rings. The summed E-state index contributed by atoms with van der Waals surface area (Å²) < 4.78 is 11.3. The number of nitrogens with one attached hydrogen (secondary N) is 1. The molecule has 0 unspecified atom stereocenters. The van der Waals surface area contributed by atoms with E-state index in [1.807, 2.05) is 48.5 Å². The molecule has 5 nitrogen and oxygen atoms in total. The van der Waals surface area contributed by atoms with E-state index in [0.717, 1.165) is 24.0 Å². The number of amides is 1. The van der Waals surface area contributed by atoms with E-state index < -0.39 is 0 Å². The second-order valence-electron chi connectivity index (χ2n) is 7.29. The van der Waals surface area contributed by atoms with E-state index in [1.54, 1.807) is 24.7 Å². The van der Waals surface area contributed by atoms with Crippen LogP contribution in [0.5, 0.6) is 11.5 Å². The molecule has 31 heavy (non-hydrogen) atoms. The lowest BCUT2D eigenvalue weighted by Crippen LogP contribution is -2.16. The minimum absolute atomic E-state index is 0.175. The van der Waals surface area contributed by atoms with Gasteiger partial charge in [-0.3, -0.25) is 4.79 Å². The fraction of sp³-hybridized carbons (Fsp3) is 0.250. The molecule has 1 heterocycles. The van der Waals surface area contributed by atoms with Crippen LogP contribution < -0.4 is 14.9 Å². The van der Waals surface area contributed by atoms with Crippen LogP contribution in [0.15, 0.2) is 53.6 Å². The number of rotatable bonds is 7. The largest absolute Gasteiger partial charge is 0.493 e. The Kier molecular flexibility index (Phi) is 6.89. The second-order valence-corrected chi connectivity index (χ2v) is 8.86.